The normalized spacial score (nSPS) is 14.2. The number of hydrogen-bond acceptors (Lipinski definition) is 7. The number of halogens is 2. The van der Waals surface area contributed by atoms with E-state index < -0.39 is 16.6 Å². The van der Waals surface area contributed by atoms with Gasteiger partial charge in [-0.25, -0.2) is 0 Å². The molecule has 290 valence electrons. The molecule has 4 aromatic carbocycles. The van der Waals surface area contributed by atoms with E-state index in [1.165, 1.54) is 0 Å². The summed E-state index contributed by atoms with van der Waals surface area (Å²) in [6.07, 6.45) is 0. The molecule has 0 fully saturated rings. The Bertz CT molecular complexity index is 1920. The van der Waals surface area contributed by atoms with Crippen LogP contribution in [0.15, 0.2) is 78.9 Å². The highest BCUT2D eigenvalue weighted by molar-refractivity contribution is 6.75. The molecule has 0 saturated carbocycles. The zero-order valence-corrected chi connectivity index (χ0v) is 36.7. The lowest BCUT2D eigenvalue weighted by molar-refractivity contribution is 0.0976. The molecule has 8 nitrogen and oxygen atoms in total. The predicted molar refractivity (Wildman–Crippen MR) is 227 cm³/mol. The summed E-state index contributed by atoms with van der Waals surface area (Å²) < 4.78 is 30.5. The topological polar surface area (TPSA) is 78.5 Å². The monoisotopic (exact) mass is 808 g/mol. The Labute approximate surface area is 333 Å². The molecule has 0 atom stereocenters. The first-order valence-electron chi connectivity index (χ1n) is 18.4. The molecule has 2 heterocycles. The lowest BCUT2D eigenvalue weighted by Crippen LogP contribution is -2.44. The van der Waals surface area contributed by atoms with Crippen molar-refractivity contribution in [1.29, 1.82) is 0 Å². The minimum atomic E-state index is -2.10. The molecule has 6 rings (SSSR count). The zero-order chi connectivity index (χ0) is 39.5. The number of nitrogens with zero attached hydrogens (tertiary/aromatic N) is 1. The minimum absolute atomic E-state index is 0.0255. The summed E-state index contributed by atoms with van der Waals surface area (Å²) in [5.74, 6) is 3.13. The zero-order valence-electron chi connectivity index (χ0n) is 33.2. The molecule has 0 spiro atoms. The Kier molecular flexibility index (Phi) is 12.6. The van der Waals surface area contributed by atoms with E-state index >= 15 is 0 Å². The van der Waals surface area contributed by atoms with E-state index in [9.17, 15) is 4.79 Å². The Morgan fingerprint density at radius 2 is 1.31 bits per heavy atom. The van der Waals surface area contributed by atoms with Gasteiger partial charge < -0.3 is 33.3 Å². The van der Waals surface area contributed by atoms with Crippen molar-refractivity contribution < 1.29 is 27.9 Å². The summed E-state index contributed by atoms with van der Waals surface area (Å²) >= 11 is 13.0. The number of rotatable bonds is 8. The minimum Gasteiger partial charge on any atom is -0.541 e. The predicted octanol–water partition coefficient (Wildman–Crippen LogP) is 11.9. The van der Waals surface area contributed by atoms with Crippen LogP contribution in [-0.2, 0) is 6.61 Å². The number of para-hydroxylation sites is 2. The first kappa shape index (κ1) is 41.3. The number of fused-ring (bicyclic) bond motifs is 2. The van der Waals surface area contributed by atoms with E-state index in [1.807, 2.05) is 66.7 Å². The molecule has 0 unspecified atom stereocenters. The van der Waals surface area contributed by atoms with Crippen LogP contribution in [0.3, 0.4) is 0 Å². The number of benzene rings is 4. The molecule has 0 aliphatic carbocycles. The highest BCUT2D eigenvalue weighted by Gasteiger charge is 2.41. The molecule has 4 aromatic rings. The Balaban J connectivity index is 0.000000260. The smallest absolute Gasteiger partial charge is 0.258 e. The van der Waals surface area contributed by atoms with Gasteiger partial charge in [-0.2, -0.15) is 0 Å². The summed E-state index contributed by atoms with van der Waals surface area (Å²) in [7, 11) is -3.92. The van der Waals surface area contributed by atoms with Crippen LogP contribution in [-0.4, -0.2) is 48.8 Å². The van der Waals surface area contributed by atoms with Gasteiger partial charge in [0.2, 0.25) is 0 Å². The fourth-order valence-electron chi connectivity index (χ4n) is 5.30. The number of amides is 1. The third-order valence-corrected chi connectivity index (χ3v) is 19.8. The first-order chi connectivity index (χ1) is 25.3. The maximum absolute atomic E-state index is 13.6. The van der Waals surface area contributed by atoms with Crippen LogP contribution in [0.4, 0.5) is 11.4 Å². The van der Waals surface area contributed by atoms with Crippen molar-refractivity contribution in [1.82, 2.24) is 0 Å². The van der Waals surface area contributed by atoms with Crippen LogP contribution >= 0.6 is 23.2 Å². The highest BCUT2D eigenvalue weighted by atomic mass is 35.5. The second kappa shape index (κ2) is 16.5. The van der Waals surface area contributed by atoms with Gasteiger partial charge in [0, 0.05) is 12.1 Å². The largest absolute Gasteiger partial charge is 0.541 e. The van der Waals surface area contributed by atoms with Crippen LogP contribution in [0, 0.1) is 0 Å². The van der Waals surface area contributed by atoms with E-state index in [2.05, 4.69) is 73.0 Å². The Morgan fingerprint density at radius 3 is 1.91 bits per heavy atom. The molecular formula is C42H54Cl2N2O6Si2. The molecule has 0 bridgehead atoms. The molecule has 0 saturated heterocycles. The molecule has 54 heavy (non-hydrogen) atoms. The van der Waals surface area contributed by atoms with Crippen molar-refractivity contribution in [3.05, 3.63) is 100 Å². The van der Waals surface area contributed by atoms with Gasteiger partial charge >= 0.3 is 0 Å². The Morgan fingerprint density at radius 1 is 0.759 bits per heavy atom. The van der Waals surface area contributed by atoms with Crippen molar-refractivity contribution in [3.63, 3.8) is 0 Å². The molecule has 1 N–H and O–H groups in total. The van der Waals surface area contributed by atoms with Gasteiger partial charge in [-0.15, -0.1) is 0 Å². The molecule has 2 aliphatic heterocycles. The van der Waals surface area contributed by atoms with Crippen molar-refractivity contribution in [3.8, 4) is 28.7 Å². The number of nitrogens with one attached hydrogen (secondary N) is 1. The van der Waals surface area contributed by atoms with Gasteiger partial charge in [0.15, 0.2) is 17.2 Å². The number of ether oxygens (including phenoxy) is 3. The third kappa shape index (κ3) is 9.51. The van der Waals surface area contributed by atoms with Gasteiger partial charge in [-0.3, -0.25) is 4.79 Å². The fraction of sp³-hybridized carbons (Fsp3) is 0.405. The third-order valence-electron chi connectivity index (χ3n) is 10.5. The summed E-state index contributed by atoms with van der Waals surface area (Å²) in [6.45, 7) is 24.8. The van der Waals surface area contributed by atoms with E-state index in [1.54, 1.807) is 17.0 Å². The maximum Gasteiger partial charge on any atom is 0.258 e. The molecule has 0 aromatic heterocycles. The van der Waals surface area contributed by atoms with Crippen molar-refractivity contribution in [2.45, 2.75) is 84.4 Å². The number of hydrogen-bond donors (Lipinski definition) is 1. The summed E-state index contributed by atoms with van der Waals surface area (Å²) in [5, 5.41) is 4.12. The standard InChI is InChI=1S/C28H31Cl2NO4Si.C14H23NO2Si/c1-28(2,3)36(4,5)35-24-13-9-12-23-26(24)33-15-14-31(23)27(32)20-16-21(29)25(22(30)17-20)34-18-19-10-7-6-8-11-19;1-14(2,3)18(4,5)17-12-8-6-7-11-13(12)16-10-9-15-11/h6-13,16-17H,14-15,18H2,1-5H3;6-8,15H,9-10H2,1-5H3. The van der Waals surface area contributed by atoms with E-state index in [4.69, 9.17) is 46.3 Å². The molecular weight excluding hydrogens is 756 g/mol. The summed E-state index contributed by atoms with van der Waals surface area (Å²) in [6, 6.07) is 24.6. The molecule has 1 amide bonds. The van der Waals surface area contributed by atoms with Crippen molar-refractivity contribution in [2.75, 3.05) is 36.5 Å². The van der Waals surface area contributed by atoms with E-state index in [0.717, 1.165) is 29.3 Å². The van der Waals surface area contributed by atoms with Crippen molar-refractivity contribution >= 4 is 57.1 Å². The van der Waals surface area contributed by atoms with Crippen LogP contribution in [0.2, 0.25) is 46.3 Å². The lowest BCUT2D eigenvalue weighted by atomic mass is 10.1. The maximum atomic E-state index is 13.6. The van der Waals surface area contributed by atoms with Gasteiger partial charge in [-0.05, 0) is 78.2 Å². The number of carbonyl (C=O) groups excluding carboxylic acids is 1. The average molecular weight is 810 g/mol. The fourth-order valence-corrected chi connectivity index (χ4v) is 7.93. The summed E-state index contributed by atoms with van der Waals surface area (Å²) in [5.41, 5.74) is 3.07. The highest BCUT2D eigenvalue weighted by Crippen LogP contribution is 2.46. The second-order valence-electron chi connectivity index (χ2n) is 16.6. The van der Waals surface area contributed by atoms with Gasteiger partial charge in [0.05, 0.1) is 28.0 Å². The quantitative estimate of drug-likeness (QED) is 0.178. The molecule has 12 heteroatoms. The van der Waals surface area contributed by atoms with Gasteiger partial charge in [0.1, 0.15) is 31.3 Å². The number of anilines is 2. The van der Waals surface area contributed by atoms with Gasteiger partial charge in [-0.1, -0.05) is 107 Å². The molecule has 0 radical (unpaired) electrons. The average Bonchev–Trinajstić information content (AvgIpc) is 3.10. The van der Waals surface area contributed by atoms with Crippen LogP contribution < -0.4 is 33.3 Å². The van der Waals surface area contributed by atoms with Gasteiger partial charge in [0.25, 0.3) is 22.5 Å². The second-order valence-corrected chi connectivity index (χ2v) is 26.8. The SMILES string of the molecule is CC(C)(C)[Si](C)(C)Oc1cccc2c1OCCN2.CC(C)(C)[Si](C)(C)Oc1cccc2c1OCCN2C(=O)c1cc(Cl)c(OCc2ccccc2)c(Cl)c1. The molecule has 2 aliphatic rings. The van der Waals surface area contributed by atoms with E-state index in [-0.39, 0.29) is 26.0 Å². The van der Waals surface area contributed by atoms with Crippen LogP contribution in [0.5, 0.6) is 28.7 Å². The lowest BCUT2D eigenvalue weighted by Gasteiger charge is -2.38. The number of carbonyl (C=O) groups is 1. The Hall–Kier alpha value is -3.84. The van der Waals surface area contributed by atoms with Crippen molar-refractivity contribution in [2.24, 2.45) is 0 Å². The first-order valence-corrected chi connectivity index (χ1v) is 25.0. The van der Waals surface area contributed by atoms with Crippen LogP contribution in [0.1, 0.15) is 57.5 Å². The summed E-state index contributed by atoms with van der Waals surface area (Å²) in [4.78, 5) is 15.3. The van der Waals surface area contributed by atoms with E-state index in [0.29, 0.717) is 54.9 Å². The van der Waals surface area contributed by atoms with Crippen LogP contribution in [0.25, 0.3) is 0 Å².